The number of hydrogen-bond acceptors (Lipinski definition) is 9. The molecule has 10 heteroatoms. The lowest BCUT2D eigenvalue weighted by Gasteiger charge is -2.26. The lowest BCUT2D eigenvalue weighted by atomic mass is 10.1. The number of fused-ring (bicyclic) bond motifs is 1. The van der Waals surface area contributed by atoms with Gasteiger partial charge in [0.2, 0.25) is 0 Å². The van der Waals surface area contributed by atoms with Crippen molar-refractivity contribution in [1.82, 2.24) is 20.2 Å². The Bertz CT molecular complexity index is 1200. The molecular formula is C26H31N5O5. The summed E-state index contributed by atoms with van der Waals surface area (Å²) >= 11 is 0. The van der Waals surface area contributed by atoms with Gasteiger partial charge in [0.15, 0.2) is 11.5 Å². The molecule has 190 valence electrons. The van der Waals surface area contributed by atoms with E-state index in [4.69, 9.17) is 9.47 Å². The van der Waals surface area contributed by atoms with Gasteiger partial charge in [0, 0.05) is 29.2 Å². The lowest BCUT2D eigenvalue weighted by molar-refractivity contribution is -0.139. The van der Waals surface area contributed by atoms with Crippen molar-refractivity contribution in [2.75, 3.05) is 52.3 Å². The number of ether oxygens (including phenoxy) is 3. The van der Waals surface area contributed by atoms with Crippen LogP contribution in [0.15, 0.2) is 42.7 Å². The van der Waals surface area contributed by atoms with Gasteiger partial charge in [0.05, 0.1) is 19.7 Å². The molecule has 1 amide bonds. The Labute approximate surface area is 210 Å². The molecule has 2 aromatic carbocycles. The van der Waals surface area contributed by atoms with E-state index in [1.165, 1.54) is 32.7 Å². The molecule has 2 heterocycles. The third kappa shape index (κ3) is 6.39. The quantitative estimate of drug-likeness (QED) is 0.411. The first-order chi connectivity index (χ1) is 17.6. The number of carbonyl (C=O) groups is 2. The summed E-state index contributed by atoms with van der Waals surface area (Å²) < 4.78 is 16.2. The SMILES string of the molecule is COC(=O)CNC(=O)c1ccc(Nc2ncnc3cc(OCCN4CCCCC4)c(OC)cc23)cc1. The molecule has 4 rings (SSSR count). The zero-order valence-corrected chi connectivity index (χ0v) is 20.6. The van der Waals surface area contributed by atoms with Crippen LogP contribution in [0.25, 0.3) is 10.9 Å². The van der Waals surface area contributed by atoms with Crippen molar-refractivity contribution < 1.29 is 23.8 Å². The zero-order chi connectivity index (χ0) is 25.3. The highest BCUT2D eigenvalue weighted by Gasteiger charge is 2.14. The van der Waals surface area contributed by atoms with E-state index < -0.39 is 5.97 Å². The highest BCUT2D eigenvalue weighted by molar-refractivity contribution is 5.97. The molecule has 0 saturated carbocycles. The summed E-state index contributed by atoms with van der Waals surface area (Å²) in [6.45, 7) is 3.53. The van der Waals surface area contributed by atoms with Crippen LogP contribution in [0, 0.1) is 0 Å². The molecule has 0 bridgehead atoms. The molecular weight excluding hydrogens is 462 g/mol. The van der Waals surface area contributed by atoms with Gasteiger partial charge in [-0.05, 0) is 56.3 Å². The minimum atomic E-state index is -0.511. The van der Waals surface area contributed by atoms with Crippen molar-refractivity contribution in [3.8, 4) is 11.5 Å². The molecule has 0 atom stereocenters. The Morgan fingerprint density at radius 2 is 1.78 bits per heavy atom. The predicted octanol–water partition coefficient (Wildman–Crippen LogP) is 3.15. The fraction of sp³-hybridized carbons (Fsp3) is 0.385. The fourth-order valence-corrected chi connectivity index (χ4v) is 4.07. The third-order valence-corrected chi connectivity index (χ3v) is 6.07. The van der Waals surface area contributed by atoms with E-state index in [-0.39, 0.29) is 12.5 Å². The van der Waals surface area contributed by atoms with Gasteiger partial charge in [-0.25, -0.2) is 9.97 Å². The van der Waals surface area contributed by atoms with Crippen molar-refractivity contribution in [1.29, 1.82) is 0 Å². The standard InChI is InChI=1S/C26H31N5O5/c1-34-22-14-20-21(15-23(22)36-13-12-31-10-4-3-5-11-31)28-17-29-25(20)30-19-8-6-18(7-9-19)26(33)27-16-24(32)35-2/h6-9,14-15,17H,3-5,10-13,16H2,1-2H3,(H,27,33)(H,28,29,30). The van der Waals surface area contributed by atoms with Crippen LogP contribution in [-0.4, -0.2) is 73.7 Å². The third-order valence-electron chi connectivity index (χ3n) is 6.07. The van der Waals surface area contributed by atoms with Crippen molar-refractivity contribution in [2.45, 2.75) is 19.3 Å². The predicted molar refractivity (Wildman–Crippen MR) is 136 cm³/mol. The number of benzene rings is 2. The maximum absolute atomic E-state index is 12.2. The molecule has 36 heavy (non-hydrogen) atoms. The van der Waals surface area contributed by atoms with Gasteiger partial charge in [-0.15, -0.1) is 0 Å². The molecule has 3 aromatic rings. The van der Waals surface area contributed by atoms with Crippen molar-refractivity contribution in [3.63, 3.8) is 0 Å². The second-order valence-electron chi connectivity index (χ2n) is 8.45. The normalized spacial score (nSPS) is 13.7. The van der Waals surface area contributed by atoms with Gasteiger partial charge < -0.3 is 24.8 Å². The molecule has 1 aromatic heterocycles. The monoisotopic (exact) mass is 493 g/mol. The van der Waals surface area contributed by atoms with E-state index in [0.717, 1.165) is 36.2 Å². The largest absolute Gasteiger partial charge is 0.493 e. The van der Waals surface area contributed by atoms with Gasteiger partial charge in [0.1, 0.15) is 25.3 Å². The van der Waals surface area contributed by atoms with Crippen molar-refractivity contribution in [3.05, 3.63) is 48.3 Å². The second-order valence-corrected chi connectivity index (χ2v) is 8.45. The minimum absolute atomic E-state index is 0.186. The summed E-state index contributed by atoms with van der Waals surface area (Å²) in [6, 6.07) is 10.6. The van der Waals surface area contributed by atoms with Crippen LogP contribution in [0.1, 0.15) is 29.6 Å². The van der Waals surface area contributed by atoms with E-state index in [9.17, 15) is 9.59 Å². The van der Waals surface area contributed by atoms with E-state index >= 15 is 0 Å². The van der Waals surface area contributed by atoms with Crippen molar-refractivity contribution in [2.24, 2.45) is 0 Å². The minimum Gasteiger partial charge on any atom is -0.493 e. The Morgan fingerprint density at radius 1 is 1.00 bits per heavy atom. The molecule has 10 nitrogen and oxygen atoms in total. The summed E-state index contributed by atoms with van der Waals surface area (Å²) in [6.07, 6.45) is 5.29. The topological polar surface area (TPSA) is 115 Å². The average molecular weight is 494 g/mol. The lowest BCUT2D eigenvalue weighted by Crippen LogP contribution is -2.33. The molecule has 0 radical (unpaired) electrons. The molecule has 0 spiro atoms. The summed E-state index contributed by atoms with van der Waals surface area (Å²) in [4.78, 5) is 34.6. The van der Waals surface area contributed by atoms with Gasteiger partial charge in [-0.3, -0.25) is 14.5 Å². The van der Waals surface area contributed by atoms with Gasteiger partial charge in [0.25, 0.3) is 5.91 Å². The number of carbonyl (C=O) groups excluding carboxylic acids is 2. The smallest absolute Gasteiger partial charge is 0.325 e. The Kier molecular flexibility index (Phi) is 8.51. The van der Waals surface area contributed by atoms with Crippen LogP contribution in [0.5, 0.6) is 11.5 Å². The Morgan fingerprint density at radius 3 is 2.50 bits per heavy atom. The van der Waals surface area contributed by atoms with E-state index in [1.54, 1.807) is 31.4 Å². The first-order valence-electron chi connectivity index (χ1n) is 12.0. The van der Waals surface area contributed by atoms with Crippen LogP contribution >= 0.6 is 0 Å². The number of hydrogen-bond donors (Lipinski definition) is 2. The number of likely N-dealkylation sites (tertiary alicyclic amines) is 1. The van der Waals surface area contributed by atoms with Gasteiger partial charge in [-0.1, -0.05) is 6.42 Å². The number of anilines is 2. The number of amides is 1. The summed E-state index contributed by atoms with van der Waals surface area (Å²) in [5, 5.41) is 6.56. The van der Waals surface area contributed by atoms with Crippen LogP contribution in [0.4, 0.5) is 11.5 Å². The molecule has 0 aliphatic carbocycles. The van der Waals surface area contributed by atoms with Crippen LogP contribution < -0.4 is 20.1 Å². The molecule has 2 N–H and O–H groups in total. The number of aromatic nitrogens is 2. The first-order valence-corrected chi connectivity index (χ1v) is 12.0. The number of esters is 1. The Hall–Kier alpha value is -3.92. The molecule has 1 aliphatic rings. The van der Waals surface area contributed by atoms with E-state index in [0.29, 0.717) is 29.5 Å². The average Bonchev–Trinajstić information content (AvgIpc) is 2.92. The number of piperidine rings is 1. The van der Waals surface area contributed by atoms with E-state index in [2.05, 4.69) is 30.2 Å². The van der Waals surface area contributed by atoms with E-state index in [1.807, 2.05) is 12.1 Å². The molecule has 1 fully saturated rings. The van der Waals surface area contributed by atoms with Gasteiger partial charge in [-0.2, -0.15) is 0 Å². The number of methoxy groups -OCH3 is 2. The maximum atomic E-state index is 12.2. The maximum Gasteiger partial charge on any atom is 0.325 e. The first kappa shape index (κ1) is 25.2. The number of nitrogens with one attached hydrogen (secondary N) is 2. The zero-order valence-electron chi connectivity index (χ0n) is 20.6. The molecule has 0 unspecified atom stereocenters. The van der Waals surface area contributed by atoms with Crippen LogP contribution in [-0.2, 0) is 9.53 Å². The highest BCUT2D eigenvalue weighted by Crippen LogP contribution is 2.34. The number of rotatable bonds is 10. The van der Waals surface area contributed by atoms with Gasteiger partial charge >= 0.3 is 5.97 Å². The summed E-state index contributed by atoms with van der Waals surface area (Å²) in [5.41, 5.74) is 1.88. The highest BCUT2D eigenvalue weighted by atomic mass is 16.5. The van der Waals surface area contributed by atoms with Crippen LogP contribution in [0.2, 0.25) is 0 Å². The summed E-state index contributed by atoms with van der Waals surface area (Å²) in [7, 11) is 2.88. The molecule has 1 aliphatic heterocycles. The molecule has 1 saturated heterocycles. The fourth-order valence-electron chi connectivity index (χ4n) is 4.07. The Balaban J connectivity index is 1.44. The second kappa shape index (κ2) is 12.2. The number of nitrogens with zero attached hydrogens (tertiary/aromatic N) is 3. The van der Waals surface area contributed by atoms with Crippen LogP contribution in [0.3, 0.4) is 0 Å². The summed E-state index contributed by atoms with van der Waals surface area (Å²) in [5.74, 6) is 0.979. The van der Waals surface area contributed by atoms with Crippen molar-refractivity contribution >= 4 is 34.3 Å².